The number of para-hydroxylation sites is 1. The van der Waals surface area contributed by atoms with E-state index >= 15 is 0 Å². The number of nitrogens with one attached hydrogen (secondary N) is 1. The van der Waals surface area contributed by atoms with Gasteiger partial charge in [0.25, 0.3) is 0 Å². The number of carbonyl (C=O) groups is 1. The van der Waals surface area contributed by atoms with E-state index in [4.69, 9.17) is 4.74 Å². The molecule has 142 valence electrons. The molecule has 1 saturated heterocycles. The molecule has 4 rings (SSSR count). The number of benzene rings is 1. The number of piperidine rings is 1. The van der Waals surface area contributed by atoms with Crippen LogP contribution in [-0.4, -0.2) is 41.5 Å². The van der Waals surface area contributed by atoms with Crippen LogP contribution in [-0.2, 0) is 11.3 Å². The number of amides is 1. The van der Waals surface area contributed by atoms with E-state index in [2.05, 4.69) is 39.5 Å². The van der Waals surface area contributed by atoms with Gasteiger partial charge in [0.2, 0.25) is 5.91 Å². The Labute approximate surface area is 160 Å². The van der Waals surface area contributed by atoms with E-state index in [-0.39, 0.29) is 17.4 Å². The molecule has 0 radical (unpaired) electrons. The number of rotatable bonds is 4. The predicted molar refractivity (Wildman–Crippen MR) is 105 cm³/mol. The van der Waals surface area contributed by atoms with Gasteiger partial charge < -0.3 is 10.1 Å². The van der Waals surface area contributed by atoms with E-state index in [1.807, 2.05) is 24.5 Å². The first-order chi connectivity index (χ1) is 13.2. The second kappa shape index (κ2) is 7.69. The molecule has 2 aliphatic heterocycles. The van der Waals surface area contributed by atoms with Crippen molar-refractivity contribution in [2.45, 2.75) is 43.7 Å². The number of pyridine rings is 1. The van der Waals surface area contributed by atoms with Crippen LogP contribution in [0.2, 0.25) is 0 Å². The van der Waals surface area contributed by atoms with Crippen LogP contribution < -0.4 is 10.1 Å². The highest BCUT2D eigenvalue weighted by Crippen LogP contribution is 2.46. The Morgan fingerprint density at radius 2 is 1.96 bits per heavy atom. The summed E-state index contributed by atoms with van der Waals surface area (Å²) in [5.41, 5.74) is 2.32. The lowest BCUT2D eigenvalue weighted by Gasteiger charge is -2.47. The molecule has 1 aromatic carbocycles. The normalized spacial score (nSPS) is 21.3. The largest absolute Gasteiger partial charge is 0.487 e. The van der Waals surface area contributed by atoms with Gasteiger partial charge in [-0.15, -0.1) is 0 Å². The van der Waals surface area contributed by atoms with E-state index in [1.54, 1.807) is 7.05 Å². The van der Waals surface area contributed by atoms with Crippen LogP contribution in [0, 0.1) is 0 Å². The monoisotopic (exact) mass is 365 g/mol. The second-order valence-electron chi connectivity index (χ2n) is 7.73. The van der Waals surface area contributed by atoms with Crippen molar-refractivity contribution in [3.05, 3.63) is 59.9 Å². The fourth-order valence-corrected chi connectivity index (χ4v) is 4.42. The summed E-state index contributed by atoms with van der Waals surface area (Å²) in [5, 5.41) is 2.78. The summed E-state index contributed by atoms with van der Waals surface area (Å²) < 4.78 is 6.54. The van der Waals surface area contributed by atoms with E-state index in [9.17, 15) is 4.79 Å². The van der Waals surface area contributed by atoms with Crippen molar-refractivity contribution in [2.75, 3.05) is 20.1 Å². The number of hydrogen-bond acceptors (Lipinski definition) is 4. The minimum absolute atomic E-state index is 0.0991. The lowest BCUT2D eigenvalue weighted by atomic mass is 9.76. The summed E-state index contributed by atoms with van der Waals surface area (Å²) in [5.74, 6) is 1.28. The standard InChI is InChI=1S/C22H27N3O2/c1-23-21(26)14-18-15-22(27-20-5-3-2-4-19(18)20)8-12-25(13-9-22)16-17-6-10-24-11-7-17/h2-7,10-11,18H,8-9,12-16H2,1H3,(H,23,26)/t18-/m0/s1. The minimum Gasteiger partial charge on any atom is -0.487 e. The van der Waals surface area contributed by atoms with Crippen LogP contribution in [0.25, 0.3) is 0 Å². The molecule has 0 unspecified atom stereocenters. The molecule has 2 aliphatic rings. The maximum Gasteiger partial charge on any atom is 0.220 e. The first-order valence-corrected chi connectivity index (χ1v) is 9.77. The van der Waals surface area contributed by atoms with Gasteiger partial charge in [0, 0.05) is 51.4 Å². The van der Waals surface area contributed by atoms with Crippen molar-refractivity contribution in [1.82, 2.24) is 15.2 Å². The zero-order valence-corrected chi connectivity index (χ0v) is 15.9. The van der Waals surface area contributed by atoms with Gasteiger partial charge in [-0.25, -0.2) is 0 Å². The first kappa shape index (κ1) is 18.0. The molecule has 5 heteroatoms. The second-order valence-corrected chi connectivity index (χ2v) is 7.73. The van der Waals surface area contributed by atoms with Gasteiger partial charge in [0.1, 0.15) is 11.4 Å². The molecule has 0 bridgehead atoms. The molecule has 1 N–H and O–H groups in total. The van der Waals surface area contributed by atoms with Gasteiger partial charge in [-0.2, -0.15) is 0 Å². The number of fused-ring (bicyclic) bond motifs is 1. The maximum atomic E-state index is 12.1. The maximum absolute atomic E-state index is 12.1. The summed E-state index contributed by atoms with van der Waals surface area (Å²) in [6, 6.07) is 12.4. The number of carbonyl (C=O) groups excluding carboxylic acids is 1. The Hall–Kier alpha value is -2.40. The van der Waals surface area contributed by atoms with Crippen molar-refractivity contribution < 1.29 is 9.53 Å². The molecule has 3 heterocycles. The fourth-order valence-electron chi connectivity index (χ4n) is 4.42. The third kappa shape index (κ3) is 3.98. The Kier molecular flexibility index (Phi) is 5.12. The SMILES string of the molecule is CNC(=O)C[C@H]1CC2(CCN(Cc3ccncc3)CC2)Oc2ccccc21. The zero-order chi connectivity index (χ0) is 18.7. The predicted octanol–water partition coefficient (Wildman–Crippen LogP) is 3.12. The van der Waals surface area contributed by atoms with Crippen molar-refractivity contribution in [1.29, 1.82) is 0 Å². The fraction of sp³-hybridized carbons (Fsp3) is 0.455. The highest BCUT2D eigenvalue weighted by Gasteiger charge is 2.43. The zero-order valence-electron chi connectivity index (χ0n) is 15.9. The summed E-state index contributed by atoms with van der Waals surface area (Å²) in [6.07, 6.45) is 7.14. The van der Waals surface area contributed by atoms with Crippen LogP contribution in [0.3, 0.4) is 0 Å². The Morgan fingerprint density at radius 1 is 1.22 bits per heavy atom. The lowest BCUT2D eigenvalue weighted by Crippen LogP contribution is -2.50. The molecular weight excluding hydrogens is 338 g/mol. The van der Waals surface area contributed by atoms with Gasteiger partial charge in [-0.1, -0.05) is 18.2 Å². The van der Waals surface area contributed by atoms with E-state index in [0.29, 0.717) is 6.42 Å². The molecule has 5 nitrogen and oxygen atoms in total. The molecule has 0 saturated carbocycles. The van der Waals surface area contributed by atoms with Gasteiger partial charge in [-0.05, 0) is 48.6 Å². The van der Waals surface area contributed by atoms with Crippen LogP contribution in [0.1, 0.15) is 42.7 Å². The number of nitrogens with zero attached hydrogens (tertiary/aromatic N) is 2. The minimum atomic E-state index is -0.151. The molecule has 1 amide bonds. The molecule has 0 aliphatic carbocycles. The summed E-state index contributed by atoms with van der Waals surface area (Å²) >= 11 is 0. The quantitative estimate of drug-likeness (QED) is 0.905. The third-order valence-corrected chi connectivity index (χ3v) is 5.94. The van der Waals surface area contributed by atoms with E-state index in [1.165, 1.54) is 11.1 Å². The average Bonchev–Trinajstić information content (AvgIpc) is 2.70. The van der Waals surface area contributed by atoms with Crippen molar-refractivity contribution in [3.63, 3.8) is 0 Å². The summed E-state index contributed by atoms with van der Waals surface area (Å²) in [7, 11) is 1.71. The van der Waals surface area contributed by atoms with Crippen LogP contribution >= 0.6 is 0 Å². The Morgan fingerprint density at radius 3 is 2.70 bits per heavy atom. The highest BCUT2D eigenvalue weighted by atomic mass is 16.5. The van der Waals surface area contributed by atoms with Crippen LogP contribution in [0.15, 0.2) is 48.8 Å². The number of aromatic nitrogens is 1. The molecule has 1 fully saturated rings. The molecule has 1 atom stereocenters. The number of ether oxygens (including phenoxy) is 1. The summed E-state index contributed by atoms with van der Waals surface area (Å²) in [4.78, 5) is 18.6. The van der Waals surface area contributed by atoms with Crippen LogP contribution in [0.5, 0.6) is 5.75 Å². The Bertz CT molecular complexity index is 785. The van der Waals surface area contributed by atoms with Gasteiger partial charge >= 0.3 is 0 Å². The van der Waals surface area contributed by atoms with E-state index < -0.39 is 0 Å². The van der Waals surface area contributed by atoms with Gasteiger partial charge in [0.15, 0.2) is 0 Å². The van der Waals surface area contributed by atoms with Crippen molar-refractivity contribution in [3.8, 4) is 5.75 Å². The first-order valence-electron chi connectivity index (χ1n) is 9.77. The molecule has 27 heavy (non-hydrogen) atoms. The number of likely N-dealkylation sites (tertiary alicyclic amines) is 1. The molecule has 1 aromatic heterocycles. The summed E-state index contributed by atoms with van der Waals surface area (Å²) in [6.45, 7) is 2.98. The van der Waals surface area contributed by atoms with Gasteiger partial charge in [-0.3, -0.25) is 14.7 Å². The number of hydrogen-bond donors (Lipinski definition) is 1. The molecule has 2 aromatic rings. The van der Waals surface area contributed by atoms with Gasteiger partial charge in [0.05, 0.1) is 0 Å². The average molecular weight is 365 g/mol. The molecular formula is C22H27N3O2. The highest BCUT2D eigenvalue weighted by molar-refractivity contribution is 5.76. The van der Waals surface area contributed by atoms with Crippen LogP contribution in [0.4, 0.5) is 0 Å². The lowest BCUT2D eigenvalue weighted by molar-refractivity contribution is -0.121. The molecule has 1 spiro atoms. The smallest absolute Gasteiger partial charge is 0.220 e. The third-order valence-electron chi connectivity index (χ3n) is 5.94. The Balaban J connectivity index is 1.47. The topological polar surface area (TPSA) is 54.5 Å². The van der Waals surface area contributed by atoms with E-state index in [0.717, 1.165) is 44.6 Å². The van der Waals surface area contributed by atoms with Crippen molar-refractivity contribution in [2.24, 2.45) is 0 Å². The van der Waals surface area contributed by atoms with Crippen molar-refractivity contribution >= 4 is 5.91 Å².